The van der Waals surface area contributed by atoms with Gasteiger partial charge in [-0.15, -0.1) is 0 Å². The first-order chi connectivity index (χ1) is 6.52. The van der Waals surface area contributed by atoms with Crippen molar-refractivity contribution in [2.24, 2.45) is 5.73 Å². The van der Waals surface area contributed by atoms with Gasteiger partial charge < -0.3 is 5.73 Å². The molecule has 1 aromatic heterocycles. The standard InChI is InChI=1S/C7H7Br2N3O2/c8-4-3-11-12(2-1-5(10)13)7(14)6(4)9/h3H,1-2H2,(H2,10,13). The zero-order valence-electron chi connectivity index (χ0n) is 7.04. The molecule has 2 N–H and O–H groups in total. The lowest BCUT2D eigenvalue weighted by molar-refractivity contribution is -0.118. The van der Waals surface area contributed by atoms with Crippen LogP contribution in [0.25, 0.3) is 0 Å². The Hall–Kier alpha value is -0.690. The average Bonchev–Trinajstić information content (AvgIpc) is 2.13. The third-order valence-corrected chi connectivity index (χ3v) is 3.41. The van der Waals surface area contributed by atoms with Crippen molar-refractivity contribution < 1.29 is 4.79 Å². The molecule has 0 atom stereocenters. The highest BCUT2D eigenvalue weighted by atomic mass is 79.9. The first-order valence-corrected chi connectivity index (χ1v) is 5.30. The number of nitrogens with two attached hydrogens (primary N) is 1. The number of carbonyl (C=O) groups is 1. The van der Waals surface area contributed by atoms with Gasteiger partial charge in [-0.25, -0.2) is 4.68 Å². The summed E-state index contributed by atoms with van der Waals surface area (Å²) in [5, 5.41) is 3.83. The summed E-state index contributed by atoms with van der Waals surface area (Å²) < 4.78 is 2.15. The molecule has 0 saturated heterocycles. The number of aryl methyl sites for hydroxylation is 1. The van der Waals surface area contributed by atoms with E-state index in [2.05, 4.69) is 37.0 Å². The molecule has 0 aliphatic rings. The topological polar surface area (TPSA) is 78.0 Å². The van der Waals surface area contributed by atoms with Crippen LogP contribution in [-0.2, 0) is 11.3 Å². The van der Waals surface area contributed by atoms with E-state index < -0.39 is 5.91 Å². The van der Waals surface area contributed by atoms with Gasteiger partial charge in [0.25, 0.3) is 5.56 Å². The molecule has 1 aromatic rings. The van der Waals surface area contributed by atoms with Crippen LogP contribution >= 0.6 is 31.9 Å². The van der Waals surface area contributed by atoms with E-state index in [0.717, 1.165) is 0 Å². The number of nitrogens with zero attached hydrogens (tertiary/aromatic N) is 2. The largest absolute Gasteiger partial charge is 0.370 e. The normalized spacial score (nSPS) is 10.1. The second-order valence-electron chi connectivity index (χ2n) is 2.55. The Kier molecular flexibility index (Phi) is 3.82. The lowest BCUT2D eigenvalue weighted by atomic mass is 10.4. The van der Waals surface area contributed by atoms with Gasteiger partial charge in [0.2, 0.25) is 5.91 Å². The zero-order chi connectivity index (χ0) is 10.7. The quantitative estimate of drug-likeness (QED) is 0.886. The molecule has 5 nitrogen and oxygen atoms in total. The minimum absolute atomic E-state index is 0.0982. The molecular formula is C7H7Br2N3O2. The minimum atomic E-state index is -0.460. The first-order valence-electron chi connectivity index (χ1n) is 3.72. The molecule has 0 bridgehead atoms. The number of carbonyl (C=O) groups excluding carboxylic acids is 1. The SMILES string of the molecule is NC(=O)CCn1ncc(Br)c(Br)c1=O. The predicted octanol–water partition coefficient (Wildman–Crippen LogP) is 0.644. The highest BCUT2D eigenvalue weighted by Crippen LogP contribution is 2.16. The molecule has 0 spiro atoms. The maximum Gasteiger partial charge on any atom is 0.282 e. The van der Waals surface area contributed by atoms with E-state index in [-0.39, 0.29) is 18.5 Å². The first kappa shape index (κ1) is 11.4. The molecule has 1 rings (SSSR count). The fourth-order valence-corrected chi connectivity index (χ4v) is 1.39. The van der Waals surface area contributed by atoms with Crippen LogP contribution in [0.3, 0.4) is 0 Å². The monoisotopic (exact) mass is 323 g/mol. The van der Waals surface area contributed by atoms with Crippen molar-refractivity contribution in [1.29, 1.82) is 0 Å². The Morgan fingerprint density at radius 2 is 2.21 bits per heavy atom. The lowest BCUT2D eigenvalue weighted by Crippen LogP contribution is -2.26. The second-order valence-corrected chi connectivity index (χ2v) is 4.20. The van der Waals surface area contributed by atoms with Gasteiger partial charge in [-0.2, -0.15) is 5.10 Å². The van der Waals surface area contributed by atoms with E-state index in [0.29, 0.717) is 8.95 Å². The molecule has 76 valence electrons. The summed E-state index contributed by atoms with van der Waals surface area (Å²) in [6, 6.07) is 0. The van der Waals surface area contributed by atoms with E-state index in [4.69, 9.17) is 5.73 Å². The summed E-state index contributed by atoms with van der Waals surface area (Å²) in [4.78, 5) is 22.0. The summed E-state index contributed by atoms with van der Waals surface area (Å²) in [5.41, 5.74) is 4.66. The molecule has 14 heavy (non-hydrogen) atoms. The van der Waals surface area contributed by atoms with E-state index >= 15 is 0 Å². The lowest BCUT2D eigenvalue weighted by Gasteiger charge is -2.03. The number of primary amides is 1. The van der Waals surface area contributed by atoms with Crippen molar-refractivity contribution in [2.75, 3.05) is 0 Å². The smallest absolute Gasteiger partial charge is 0.282 e. The van der Waals surface area contributed by atoms with Crippen molar-refractivity contribution >= 4 is 37.8 Å². The Bertz CT molecular complexity index is 416. The van der Waals surface area contributed by atoms with Crippen LogP contribution in [0.2, 0.25) is 0 Å². The van der Waals surface area contributed by atoms with Crippen LogP contribution in [0, 0.1) is 0 Å². The Morgan fingerprint density at radius 3 is 2.79 bits per heavy atom. The van der Waals surface area contributed by atoms with Gasteiger partial charge in [-0.05, 0) is 31.9 Å². The van der Waals surface area contributed by atoms with Crippen molar-refractivity contribution in [3.63, 3.8) is 0 Å². The van der Waals surface area contributed by atoms with Crippen LogP contribution in [0.4, 0.5) is 0 Å². The number of rotatable bonds is 3. The van der Waals surface area contributed by atoms with Gasteiger partial charge in [-0.3, -0.25) is 9.59 Å². The van der Waals surface area contributed by atoms with E-state index in [1.807, 2.05) is 0 Å². The number of hydrogen-bond donors (Lipinski definition) is 1. The van der Waals surface area contributed by atoms with Gasteiger partial charge in [0.1, 0.15) is 4.47 Å². The fraction of sp³-hybridized carbons (Fsp3) is 0.286. The maximum atomic E-state index is 11.5. The molecule has 0 unspecified atom stereocenters. The highest BCUT2D eigenvalue weighted by Gasteiger charge is 2.06. The summed E-state index contributed by atoms with van der Waals surface area (Å²) in [6.45, 7) is 0.194. The van der Waals surface area contributed by atoms with Crippen molar-refractivity contribution in [1.82, 2.24) is 9.78 Å². The third-order valence-electron chi connectivity index (χ3n) is 1.51. The van der Waals surface area contributed by atoms with E-state index in [1.54, 1.807) is 0 Å². The highest BCUT2D eigenvalue weighted by molar-refractivity contribution is 9.13. The summed E-state index contributed by atoms with van der Waals surface area (Å²) >= 11 is 6.25. The maximum absolute atomic E-state index is 11.5. The van der Waals surface area contributed by atoms with Crippen LogP contribution < -0.4 is 11.3 Å². The Balaban J connectivity index is 2.95. The molecule has 0 aliphatic heterocycles. The minimum Gasteiger partial charge on any atom is -0.370 e. The van der Waals surface area contributed by atoms with Gasteiger partial charge >= 0.3 is 0 Å². The molecular weight excluding hydrogens is 318 g/mol. The third kappa shape index (κ3) is 2.65. The average molecular weight is 325 g/mol. The summed E-state index contributed by atoms with van der Waals surface area (Å²) in [6.07, 6.45) is 1.58. The molecule has 7 heteroatoms. The van der Waals surface area contributed by atoms with Crippen molar-refractivity contribution in [3.05, 3.63) is 25.5 Å². The fourth-order valence-electron chi connectivity index (χ4n) is 0.820. The molecule has 1 heterocycles. The van der Waals surface area contributed by atoms with Crippen LogP contribution in [0.5, 0.6) is 0 Å². The van der Waals surface area contributed by atoms with E-state index in [9.17, 15) is 9.59 Å². The number of aromatic nitrogens is 2. The molecule has 0 aromatic carbocycles. The molecule has 0 radical (unpaired) electrons. The predicted molar refractivity (Wildman–Crippen MR) is 57.7 cm³/mol. The summed E-state index contributed by atoms with van der Waals surface area (Å²) in [7, 11) is 0. The summed E-state index contributed by atoms with van der Waals surface area (Å²) in [5.74, 6) is -0.460. The molecule has 0 fully saturated rings. The second kappa shape index (κ2) is 4.70. The number of amides is 1. The van der Waals surface area contributed by atoms with Crippen LogP contribution in [-0.4, -0.2) is 15.7 Å². The van der Waals surface area contributed by atoms with Gasteiger partial charge in [0.05, 0.1) is 17.2 Å². The zero-order valence-corrected chi connectivity index (χ0v) is 10.2. The van der Waals surface area contributed by atoms with Gasteiger partial charge in [-0.1, -0.05) is 0 Å². The number of hydrogen-bond acceptors (Lipinski definition) is 3. The number of halogens is 2. The van der Waals surface area contributed by atoms with Crippen molar-refractivity contribution in [2.45, 2.75) is 13.0 Å². The Morgan fingerprint density at radius 1 is 1.57 bits per heavy atom. The van der Waals surface area contributed by atoms with Crippen LogP contribution in [0.15, 0.2) is 19.9 Å². The van der Waals surface area contributed by atoms with Crippen molar-refractivity contribution in [3.8, 4) is 0 Å². The Labute approximate surface area is 96.5 Å². The van der Waals surface area contributed by atoms with Gasteiger partial charge in [0, 0.05) is 6.42 Å². The van der Waals surface area contributed by atoms with Crippen LogP contribution in [0.1, 0.15) is 6.42 Å². The molecule has 0 aliphatic carbocycles. The van der Waals surface area contributed by atoms with E-state index in [1.165, 1.54) is 10.9 Å². The molecule has 0 saturated carbocycles. The van der Waals surface area contributed by atoms with Gasteiger partial charge in [0.15, 0.2) is 0 Å². The molecule has 1 amide bonds.